The van der Waals surface area contributed by atoms with Gasteiger partial charge in [0.15, 0.2) is 0 Å². The van der Waals surface area contributed by atoms with E-state index >= 15 is 0 Å². The molecule has 2 heterocycles. The average molecular weight is 492 g/mol. The predicted molar refractivity (Wildman–Crippen MR) is 141 cm³/mol. The maximum Gasteiger partial charge on any atom is 0.259 e. The van der Waals surface area contributed by atoms with Gasteiger partial charge in [0.25, 0.3) is 17.7 Å². The third kappa shape index (κ3) is 4.96. The van der Waals surface area contributed by atoms with Gasteiger partial charge in [-0.15, -0.1) is 0 Å². The number of rotatable bonds is 6. The van der Waals surface area contributed by atoms with Crippen LogP contribution in [0.5, 0.6) is 0 Å². The van der Waals surface area contributed by atoms with Crippen molar-refractivity contribution in [1.29, 1.82) is 0 Å². The quantitative estimate of drug-likeness (QED) is 0.379. The van der Waals surface area contributed by atoms with Crippen LogP contribution >= 0.6 is 0 Å². The van der Waals surface area contributed by atoms with E-state index in [1.165, 1.54) is 17.3 Å². The van der Waals surface area contributed by atoms with Gasteiger partial charge >= 0.3 is 0 Å². The molecule has 3 aromatic carbocycles. The minimum atomic E-state index is -0.871. The summed E-state index contributed by atoms with van der Waals surface area (Å²) in [7, 11) is 0. The van der Waals surface area contributed by atoms with Crippen molar-refractivity contribution in [1.82, 2.24) is 10.3 Å². The molecular formula is C29H25N5O3. The topological polar surface area (TPSA) is 117 Å². The van der Waals surface area contributed by atoms with Crippen LogP contribution in [-0.4, -0.2) is 22.7 Å². The fourth-order valence-electron chi connectivity index (χ4n) is 4.39. The highest BCUT2D eigenvalue weighted by molar-refractivity contribution is 6.17. The van der Waals surface area contributed by atoms with Crippen molar-refractivity contribution in [2.24, 2.45) is 5.73 Å². The number of hydrogen-bond acceptors (Lipinski definition) is 5. The van der Waals surface area contributed by atoms with E-state index in [0.717, 1.165) is 11.1 Å². The van der Waals surface area contributed by atoms with Crippen molar-refractivity contribution in [3.8, 4) is 0 Å². The SMILES string of the molecule is NCc1cccc(CNC(=O)c2ccc3c(c2)NC(=O)C(c2ccccc2)N3C(=O)c2ccncc2)c1. The molecule has 8 nitrogen and oxygen atoms in total. The van der Waals surface area contributed by atoms with Gasteiger partial charge in [-0.1, -0.05) is 54.6 Å². The minimum Gasteiger partial charge on any atom is -0.348 e. The van der Waals surface area contributed by atoms with E-state index in [1.54, 1.807) is 30.3 Å². The molecule has 0 aliphatic carbocycles. The molecule has 0 fully saturated rings. The van der Waals surface area contributed by atoms with Gasteiger partial charge < -0.3 is 16.4 Å². The number of hydrogen-bond donors (Lipinski definition) is 3. The molecule has 1 atom stereocenters. The van der Waals surface area contributed by atoms with Gasteiger partial charge in [-0.2, -0.15) is 0 Å². The predicted octanol–water partition coefficient (Wildman–Crippen LogP) is 3.81. The Kier molecular flexibility index (Phi) is 6.74. The summed E-state index contributed by atoms with van der Waals surface area (Å²) >= 11 is 0. The van der Waals surface area contributed by atoms with Crippen LogP contribution in [0.2, 0.25) is 0 Å². The third-order valence-corrected chi connectivity index (χ3v) is 6.22. The van der Waals surface area contributed by atoms with Crippen molar-refractivity contribution in [3.63, 3.8) is 0 Å². The Bertz CT molecular complexity index is 1460. The smallest absolute Gasteiger partial charge is 0.259 e. The molecule has 1 aliphatic heterocycles. The molecule has 1 unspecified atom stereocenters. The van der Waals surface area contributed by atoms with E-state index in [1.807, 2.05) is 54.6 Å². The Balaban J connectivity index is 1.46. The second kappa shape index (κ2) is 10.4. The van der Waals surface area contributed by atoms with Crippen molar-refractivity contribution in [2.75, 3.05) is 10.2 Å². The van der Waals surface area contributed by atoms with Gasteiger partial charge in [0, 0.05) is 36.6 Å². The number of anilines is 2. The molecule has 37 heavy (non-hydrogen) atoms. The molecule has 8 heteroatoms. The first kappa shape index (κ1) is 23.9. The first-order chi connectivity index (χ1) is 18.0. The number of nitrogens with zero attached hydrogens (tertiary/aromatic N) is 2. The number of nitrogens with one attached hydrogen (secondary N) is 2. The fourth-order valence-corrected chi connectivity index (χ4v) is 4.39. The Morgan fingerprint density at radius 1 is 0.892 bits per heavy atom. The standard InChI is InChI=1S/C29H25N5O3/c30-17-19-5-4-6-20(15-19)18-32-27(35)23-9-10-25-24(16-23)33-28(36)26(21-7-2-1-3-8-21)34(25)29(37)22-11-13-31-14-12-22/h1-16,26H,17-18,30H2,(H,32,35)(H,33,36). The second-order valence-corrected chi connectivity index (χ2v) is 8.65. The highest BCUT2D eigenvalue weighted by Gasteiger charge is 2.38. The highest BCUT2D eigenvalue weighted by Crippen LogP contribution is 2.40. The molecule has 0 saturated carbocycles. The monoisotopic (exact) mass is 491 g/mol. The number of carbonyl (C=O) groups is 3. The lowest BCUT2D eigenvalue weighted by atomic mass is 9.98. The first-order valence-corrected chi connectivity index (χ1v) is 11.8. The van der Waals surface area contributed by atoms with Gasteiger partial charge in [0.2, 0.25) is 0 Å². The number of fused-ring (bicyclic) bond motifs is 1. The van der Waals surface area contributed by atoms with E-state index in [-0.39, 0.29) is 17.7 Å². The highest BCUT2D eigenvalue weighted by atomic mass is 16.2. The summed E-state index contributed by atoms with van der Waals surface area (Å²) in [5.41, 5.74) is 9.95. The number of pyridine rings is 1. The lowest BCUT2D eigenvalue weighted by Gasteiger charge is -2.37. The van der Waals surface area contributed by atoms with Crippen LogP contribution in [0.15, 0.2) is 97.3 Å². The Morgan fingerprint density at radius 3 is 2.41 bits per heavy atom. The van der Waals surface area contributed by atoms with Crippen LogP contribution in [0, 0.1) is 0 Å². The molecule has 0 spiro atoms. The lowest BCUT2D eigenvalue weighted by molar-refractivity contribution is -0.117. The average Bonchev–Trinajstić information content (AvgIpc) is 2.95. The fraction of sp³-hybridized carbons (Fsp3) is 0.103. The Hall–Kier alpha value is -4.82. The van der Waals surface area contributed by atoms with Gasteiger partial charge in [0.1, 0.15) is 6.04 Å². The van der Waals surface area contributed by atoms with E-state index < -0.39 is 6.04 Å². The number of nitrogens with two attached hydrogens (primary N) is 1. The van der Waals surface area contributed by atoms with E-state index in [4.69, 9.17) is 5.73 Å². The van der Waals surface area contributed by atoms with Crippen molar-refractivity contribution in [2.45, 2.75) is 19.1 Å². The van der Waals surface area contributed by atoms with Crippen LogP contribution in [-0.2, 0) is 17.9 Å². The normalized spacial score (nSPS) is 14.5. The summed E-state index contributed by atoms with van der Waals surface area (Å²) in [6.45, 7) is 0.754. The largest absolute Gasteiger partial charge is 0.348 e. The molecule has 3 amide bonds. The molecule has 5 rings (SSSR count). The van der Waals surface area contributed by atoms with Crippen LogP contribution in [0.25, 0.3) is 0 Å². The molecule has 1 aromatic heterocycles. The molecule has 1 aliphatic rings. The summed E-state index contributed by atoms with van der Waals surface area (Å²) < 4.78 is 0. The molecule has 4 N–H and O–H groups in total. The molecule has 0 saturated heterocycles. The zero-order chi connectivity index (χ0) is 25.8. The summed E-state index contributed by atoms with van der Waals surface area (Å²) in [6, 6.07) is 24.1. The molecule has 4 aromatic rings. The van der Waals surface area contributed by atoms with Crippen LogP contribution < -0.4 is 21.3 Å². The molecule has 0 bridgehead atoms. The first-order valence-electron chi connectivity index (χ1n) is 11.8. The van der Waals surface area contributed by atoms with Gasteiger partial charge in [0.05, 0.1) is 11.4 Å². The molecule has 184 valence electrons. The summed E-state index contributed by atoms with van der Waals surface area (Å²) in [4.78, 5) is 45.4. The maximum absolute atomic E-state index is 13.7. The van der Waals surface area contributed by atoms with E-state index in [0.29, 0.717) is 41.2 Å². The lowest BCUT2D eigenvalue weighted by Crippen LogP contribution is -2.45. The van der Waals surface area contributed by atoms with Crippen LogP contribution in [0.4, 0.5) is 11.4 Å². The Morgan fingerprint density at radius 2 is 1.65 bits per heavy atom. The number of amides is 3. The van der Waals surface area contributed by atoms with Crippen LogP contribution in [0.3, 0.4) is 0 Å². The number of carbonyl (C=O) groups excluding carboxylic acids is 3. The summed E-state index contributed by atoms with van der Waals surface area (Å²) in [5.74, 6) is -1.01. The van der Waals surface area contributed by atoms with Crippen molar-refractivity contribution < 1.29 is 14.4 Å². The summed E-state index contributed by atoms with van der Waals surface area (Å²) in [5, 5.41) is 5.79. The third-order valence-electron chi connectivity index (χ3n) is 6.22. The maximum atomic E-state index is 13.7. The van der Waals surface area contributed by atoms with E-state index in [9.17, 15) is 14.4 Å². The Labute approximate surface area is 214 Å². The van der Waals surface area contributed by atoms with Crippen molar-refractivity contribution >= 4 is 29.1 Å². The second-order valence-electron chi connectivity index (χ2n) is 8.65. The van der Waals surface area contributed by atoms with Gasteiger partial charge in [-0.25, -0.2) is 0 Å². The minimum absolute atomic E-state index is 0.299. The summed E-state index contributed by atoms with van der Waals surface area (Å²) in [6.07, 6.45) is 3.07. The van der Waals surface area contributed by atoms with Crippen LogP contribution in [0.1, 0.15) is 43.4 Å². The molecule has 0 radical (unpaired) electrons. The van der Waals surface area contributed by atoms with E-state index in [2.05, 4.69) is 15.6 Å². The van der Waals surface area contributed by atoms with Gasteiger partial charge in [-0.05, 0) is 47.0 Å². The zero-order valence-corrected chi connectivity index (χ0v) is 19.9. The zero-order valence-electron chi connectivity index (χ0n) is 19.9. The van der Waals surface area contributed by atoms with Gasteiger partial charge in [-0.3, -0.25) is 24.3 Å². The molecular weight excluding hydrogens is 466 g/mol. The van der Waals surface area contributed by atoms with Crippen molar-refractivity contribution in [3.05, 3.63) is 125 Å². The number of benzene rings is 3. The number of aromatic nitrogens is 1.